The van der Waals surface area contributed by atoms with Gasteiger partial charge in [-0.15, -0.1) is 10.2 Å². The normalized spacial score (nSPS) is 10.8. The highest BCUT2D eigenvalue weighted by Gasteiger charge is 2.15. The number of hydrogen-bond acceptors (Lipinski definition) is 6. The average Bonchev–Trinajstić information content (AvgIpc) is 3.36. The fourth-order valence-electron chi connectivity index (χ4n) is 2.76. The first-order valence-electron chi connectivity index (χ1n) is 8.66. The van der Waals surface area contributed by atoms with Crippen LogP contribution >= 0.6 is 11.8 Å². The third-order valence-electron chi connectivity index (χ3n) is 4.11. The molecule has 0 fully saturated rings. The Labute approximate surface area is 166 Å². The van der Waals surface area contributed by atoms with Gasteiger partial charge >= 0.3 is 0 Å². The zero-order valence-corrected chi connectivity index (χ0v) is 15.9. The minimum absolute atomic E-state index is 0.146. The van der Waals surface area contributed by atoms with Crippen LogP contribution in [0.3, 0.4) is 0 Å². The maximum absolute atomic E-state index is 12.4. The number of aryl methyl sites for hydroxylation is 1. The smallest absolute Gasteiger partial charge is 0.277 e. The van der Waals surface area contributed by atoms with Gasteiger partial charge in [0.05, 0.1) is 17.6 Å². The number of carbonyl (C=O) groups excluding carboxylic acids is 1. The van der Waals surface area contributed by atoms with Crippen LogP contribution in [0.1, 0.15) is 5.76 Å². The lowest BCUT2D eigenvalue weighted by atomic mass is 10.0. The molecule has 0 aliphatic carbocycles. The Hall–Kier alpha value is -3.32. The van der Waals surface area contributed by atoms with Crippen molar-refractivity contribution in [1.29, 1.82) is 0 Å². The van der Waals surface area contributed by atoms with Gasteiger partial charge in [0.25, 0.3) is 11.1 Å². The lowest BCUT2D eigenvalue weighted by molar-refractivity contribution is -0.113. The molecule has 0 spiro atoms. The molecule has 0 unspecified atom stereocenters. The van der Waals surface area contributed by atoms with Crippen LogP contribution < -0.4 is 5.32 Å². The first-order chi connectivity index (χ1) is 13.7. The van der Waals surface area contributed by atoms with Crippen molar-refractivity contribution in [3.05, 3.63) is 72.7 Å². The summed E-state index contributed by atoms with van der Waals surface area (Å²) in [5, 5.41) is 11.3. The lowest BCUT2D eigenvalue weighted by Gasteiger charge is -2.10. The molecule has 2 aromatic carbocycles. The minimum Gasteiger partial charge on any atom is -0.469 e. The van der Waals surface area contributed by atoms with Gasteiger partial charge in [-0.25, -0.2) is 0 Å². The Morgan fingerprint density at radius 2 is 1.79 bits per heavy atom. The maximum atomic E-state index is 12.4. The zero-order chi connectivity index (χ0) is 19.3. The monoisotopic (exact) mass is 391 g/mol. The van der Waals surface area contributed by atoms with E-state index >= 15 is 0 Å². The number of aromatic nitrogens is 2. The Kier molecular flexibility index (Phi) is 5.25. The van der Waals surface area contributed by atoms with E-state index in [1.165, 1.54) is 11.8 Å². The van der Waals surface area contributed by atoms with Crippen LogP contribution in [0.5, 0.6) is 0 Å². The third-order valence-corrected chi connectivity index (χ3v) is 4.93. The molecule has 0 aliphatic heterocycles. The quantitative estimate of drug-likeness (QED) is 0.464. The van der Waals surface area contributed by atoms with Crippen molar-refractivity contribution < 1.29 is 13.6 Å². The summed E-state index contributed by atoms with van der Waals surface area (Å²) in [6, 6.07) is 19.4. The molecular weight excluding hydrogens is 374 g/mol. The molecule has 140 valence electrons. The van der Waals surface area contributed by atoms with E-state index in [1.807, 2.05) is 61.5 Å². The summed E-state index contributed by atoms with van der Waals surface area (Å²) in [6.07, 6.45) is 1.57. The average molecular weight is 391 g/mol. The van der Waals surface area contributed by atoms with E-state index < -0.39 is 0 Å². The van der Waals surface area contributed by atoms with Gasteiger partial charge in [0.1, 0.15) is 5.76 Å². The van der Waals surface area contributed by atoms with Crippen LogP contribution in [0, 0.1) is 6.92 Å². The van der Waals surface area contributed by atoms with Crippen LogP contribution in [0.25, 0.3) is 22.6 Å². The van der Waals surface area contributed by atoms with Gasteiger partial charge in [-0.05, 0) is 24.6 Å². The third kappa shape index (κ3) is 3.99. The van der Waals surface area contributed by atoms with E-state index in [4.69, 9.17) is 8.83 Å². The van der Waals surface area contributed by atoms with Gasteiger partial charge in [-0.3, -0.25) is 4.79 Å². The predicted molar refractivity (Wildman–Crippen MR) is 108 cm³/mol. The highest BCUT2D eigenvalue weighted by atomic mass is 32.2. The summed E-state index contributed by atoms with van der Waals surface area (Å²) in [7, 11) is 0. The van der Waals surface area contributed by atoms with Crippen molar-refractivity contribution in [1.82, 2.24) is 10.2 Å². The standard InChI is InChI=1S/C21H17N3O3S/c1-14-16(11-12-26-14)20-23-24-21(27-20)28-13-19(25)22-18-10-6-5-9-17(18)15-7-3-2-4-8-15/h2-12H,13H2,1H3,(H,22,25). The number of benzene rings is 2. The molecule has 0 aliphatic rings. The zero-order valence-electron chi connectivity index (χ0n) is 15.1. The van der Waals surface area contributed by atoms with E-state index in [0.717, 1.165) is 22.4 Å². The van der Waals surface area contributed by atoms with Crippen molar-refractivity contribution in [2.75, 3.05) is 11.1 Å². The molecule has 7 heteroatoms. The largest absolute Gasteiger partial charge is 0.469 e. The number of hydrogen-bond donors (Lipinski definition) is 1. The lowest BCUT2D eigenvalue weighted by Crippen LogP contribution is -2.14. The van der Waals surface area contributed by atoms with E-state index in [-0.39, 0.29) is 11.7 Å². The van der Waals surface area contributed by atoms with Gasteiger partial charge in [0.15, 0.2) is 0 Å². The predicted octanol–water partition coefficient (Wildman–Crippen LogP) is 5.04. The highest BCUT2D eigenvalue weighted by Crippen LogP contribution is 2.29. The van der Waals surface area contributed by atoms with E-state index in [0.29, 0.717) is 16.9 Å². The number of thioether (sulfide) groups is 1. The summed E-state index contributed by atoms with van der Waals surface area (Å²) in [4.78, 5) is 12.4. The fraction of sp³-hybridized carbons (Fsp3) is 0.0952. The van der Waals surface area contributed by atoms with Crippen molar-refractivity contribution in [2.45, 2.75) is 12.1 Å². The minimum atomic E-state index is -0.146. The molecule has 0 atom stereocenters. The molecule has 28 heavy (non-hydrogen) atoms. The molecule has 1 amide bonds. The van der Waals surface area contributed by atoms with Crippen molar-refractivity contribution >= 4 is 23.4 Å². The van der Waals surface area contributed by atoms with E-state index in [9.17, 15) is 4.79 Å². The van der Waals surface area contributed by atoms with Gasteiger partial charge in [-0.2, -0.15) is 0 Å². The number of nitrogens with one attached hydrogen (secondary N) is 1. The summed E-state index contributed by atoms with van der Waals surface area (Å²) >= 11 is 1.19. The molecular formula is C21H17N3O3S. The first kappa shape index (κ1) is 18.1. The second-order valence-electron chi connectivity index (χ2n) is 6.01. The molecule has 6 nitrogen and oxygen atoms in total. The first-order valence-corrected chi connectivity index (χ1v) is 9.64. The Morgan fingerprint density at radius 3 is 2.57 bits per heavy atom. The Morgan fingerprint density at radius 1 is 1.00 bits per heavy atom. The van der Waals surface area contributed by atoms with Crippen LogP contribution in [0.4, 0.5) is 5.69 Å². The molecule has 4 rings (SSSR count). The second kappa shape index (κ2) is 8.14. The summed E-state index contributed by atoms with van der Waals surface area (Å²) in [6.45, 7) is 1.82. The van der Waals surface area contributed by atoms with Crippen molar-refractivity contribution in [3.8, 4) is 22.6 Å². The number of rotatable bonds is 6. The van der Waals surface area contributed by atoms with Crippen molar-refractivity contribution in [2.24, 2.45) is 0 Å². The van der Waals surface area contributed by atoms with Crippen LogP contribution in [-0.4, -0.2) is 21.9 Å². The van der Waals surface area contributed by atoms with Crippen LogP contribution in [0.15, 0.2) is 81.0 Å². The van der Waals surface area contributed by atoms with E-state index in [1.54, 1.807) is 12.3 Å². The number of amides is 1. The van der Waals surface area contributed by atoms with Crippen molar-refractivity contribution in [3.63, 3.8) is 0 Å². The van der Waals surface area contributed by atoms with Gasteiger partial charge < -0.3 is 14.2 Å². The number of anilines is 1. The van der Waals surface area contributed by atoms with E-state index in [2.05, 4.69) is 15.5 Å². The van der Waals surface area contributed by atoms with Gasteiger partial charge in [0, 0.05) is 11.3 Å². The molecule has 0 radical (unpaired) electrons. The molecule has 0 bridgehead atoms. The molecule has 4 aromatic rings. The second-order valence-corrected chi connectivity index (χ2v) is 6.94. The SMILES string of the molecule is Cc1occc1-c1nnc(SCC(=O)Nc2ccccc2-c2ccccc2)o1. The van der Waals surface area contributed by atoms with Crippen LogP contribution in [0.2, 0.25) is 0 Å². The molecule has 2 heterocycles. The molecule has 2 aromatic heterocycles. The summed E-state index contributed by atoms with van der Waals surface area (Å²) in [5.41, 5.74) is 3.53. The van der Waals surface area contributed by atoms with Gasteiger partial charge in [-0.1, -0.05) is 60.3 Å². The number of carbonyl (C=O) groups is 1. The molecule has 0 saturated carbocycles. The van der Waals surface area contributed by atoms with Crippen LogP contribution in [-0.2, 0) is 4.79 Å². The Bertz CT molecular complexity index is 1090. The van der Waals surface area contributed by atoms with Gasteiger partial charge in [0.2, 0.25) is 5.91 Å². The fourth-order valence-corrected chi connectivity index (χ4v) is 3.32. The topological polar surface area (TPSA) is 81.2 Å². The molecule has 0 saturated heterocycles. The molecule has 1 N–H and O–H groups in total. The maximum Gasteiger partial charge on any atom is 0.277 e. The number of furan rings is 1. The summed E-state index contributed by atoms with van der Waals surface area (Å²) in [5.74, 6) is 1.10. The highest BCUT2D eigenvalue weighted by molar-refractivity contribution is 7.99. The number of para-hydroxylation sites is 1. The Balaban J connectivity index is 1.41. The summed E-state index contributed by atoms with van der Waals surface area (Å²) < 4.78 is 10.8. The number of nitrogens with zero attached hydrogens (tertiary/aromatic N) is 2.